The molecule has 1 saturated carbocycles. The number of hydrogen-bond donors (Lipinski definition) is 2. The van der Waals surface area contributed by atoms with Crippen LogP contribution >= 0.6 is 0 Å². The minimum atomic E-state index is 0.0590. The van der Waals surface area contributed by atoms with Gasteiger partial charge in [-0.05, 0) is 43.0 Å². The summed E-state index contributed by atoms with van der Waals surface area (Å²) in [5.74, 6) is 0.945. The fourth-order valence-corrected chi connectivity index (χ4v) is 2.42. The number of methoxy groups -OCH3 is 1. The van der Waals surface area contributed by atoms with E-state index in [4.69, 9.17) is 16.2 Å². The Labute approximate surface area is 103 Å². The average Bonchev–Trinajstić information content (AvgIpc) is 3.18. The topological polar surface area (TPSA) is 61.3 Å². The number of nitrogens with two attached hydrogens (primary N) is 2. The minimum Gasteiger partial charge on any atom is -0.496 e. The number of ether oxygens (including phenoxy) is 1. The Morgan fingerprint density at radius 1 is 1.41 bits per heavy atom. The molecule has 4 N–H and O–H groups in total. The van der Waals surface area contributed by atoms with E-state index in [1.165, 1.54) is 11.1 Å². The zero-order chi connectivity index (χ0) is 12.5. The molecule has 1 aromatic carbocycles. The Bertz CT molecular complexity index is 399. The average molecular weight is 234 g/mol. The van der Waals surface area contributed by atoms with Gasteiger partial charge in [0.25, 0.3) is 0 Å². The molecule has 94 valence electrons. The molecule has 3 heteroatoms. The van der Waals surface area contributed by atoms with Crippen LogP contribution in [0, 0.1) is 5.41 Å². The van der Waals surface area contributed by atoms with Gasteiger partial charge in [-0.15, -0.1) is 0 Å². The van der Waals surface area contributed by atoms with E-state index in [1.807, 2.05) is 6.07 Å². The molecule has 2 rings (SSSR count). The Morgan fingerprint density at radius 2 is 2.12 bits per heavy atom. The predicted octanol–water partition coefficient (Wildman–Crippen LogP) is 2.00. The van der Waals surface area contributed by atoms with Gasteiger partial charge in [0.15, 0.2) is 0 Å². The van der Waals surface area contributed by atoms with E-state index in [0.717, 1.165) is 25.0 Å². The van der Waals surface area contributed by atoms with Crippen LogP contribution in [0.2, 0.25) is 0 Å². The molecular formula is C14H22N2O. The lowest BCUT2D eigenvalue weighted by Crippen LogP contribution is -2.29. The molecule has 1 fully saturated rings. The van der Waals surface area contributed by atoms with Crippen molar-refractivity contribution < 1.29 is 4.74 Å². The molecule has 1 aliphatic carbocycles. The standard InChI is InChI=1S/C14H22N2O/c1-3-10-8-11(4-5-12(10)17-2)13(16)14(9-15)6-7-14/h4-5,8,13H,3,6-7,9,15-16H2,1-2H3. The molecule has 3 nitrogen and oxygen atoms in total. The van der Waals surface area contributed by atoms with Gasteiger partial charge < -0.3 is 16.2 Å². The second-order valence-electron chi connectivity index (χ2n) is 4.97. The smallest absolute Gasteiger partial charge is 0.122 e. The van der Waals surface area contributed by atoms with Crippen LogP contribution in [-0.2, 0) is 6.42 Å². The molecule has 0 aliphatic heterocycles. The van der Waals surface area contributed by atoms with Gasteiger partial charge in [0.1, 0.15) is 5.75 Å². The van der Waals surface area contributed by atoms with Crippen molar-refractivity contribution in [2.75, 3.05) is 13.7 Å². The van der Waals surface area contributed by atoms with Crippen molar-refractivity contribution in [3.63, 3.8) is 0 Å². The van der Waals surface area contributed by atoms with Crippen molar-refractivity contribution in [1.29, 1.82) is 0 Å². The van der Waals surface area contributed by atoms with Gasteiger partial charge in [-0.1, -0.05) is 19.1 Å². The molecule has 17 heavy (non-hydrogen) atoms. The molecule has 0 saturated heterocycles. The predicted molar refractivity (Wildman–Crippen MR) is 70.0 cm³/mol. The van der Waals surface area contributed by atoms with Gasteiger partial charge in [0.2, 0.25) is 0 Å². The monoisotopic (exact) mass is 234 g/mol. The van der Waals surface area contributed by atoms with E-state index < -0.39 is 0 Å². The summed E-state index contributed by atoms with van der Waals surface area (Å²) in [6.45, 7) is 2.81. The number of rotatable bonds is 5. The van der Waals surface area contributed by atoms with Crippen LogP contribution in [0.3, 0.4) is 0 Å². The second-order valence-corrected chi connectivity index (χ2v) is 4.97. The quantitative estimate of drug-likeness (QED) is 0.819. The van der Waals surface area contributed by atoms with E-state index in [9.17, 15) is 0 Å². The summed E-state index contributed by atoms with van der Waals surface area (Å²) in [7, 11) is 1.70. The van der Waals surface area contributed by atoms with Crippen LogP contribution in [0.25, 0.3) is 0 Å². The van der Waals surface area contributed by atoms with Gasteiger partial charge in [-0.25, -0.2) is 0 Å². The Balaban J connectivity index is 2.27. The first-order chi connectivity index (χ1) is 8.16. The molecule has 1 aliphatic rings. The molecule has 0 heterocycles. The highest BCUT2D eigenvalue weighted by Crippen LogP contribution is 2.53. The van der Waals surface area contributed by atoms with Crippen LogP contribution in [0.15, 0.2) is 18.2 Å². The van der Waals surface area contributed by atoms with E-state index in [2.05, 4.69) is 19.1 Å². The van der Waals surface area contributed by atoms with Gasteiger partial charge >= 0.3 is 0 Å². The SMILES string of the molecule is CCc1cc(C(N)C2(CN)CC2)ccc1OC. The first-order valence-electron chi connectivity index (χ1n) is 6.29. The summed E-state index contributed by atoms with van der Waals surface area (Å²) in [5, 5.41) is 0. The van der Waals surface area contributed by atoms with Gasteiger partial charge in [0.05, 0.1) is 7.11 Å². The molecule has 0 bridgehead atoms. The largest absolute Gasteiger partial charge is 0.496 e. The summed E-state index contributed by atoms with van der Waals surface area (Å²) in [4.78, 5) is 0. The lowest BCUT2D eigenvalue weighted by Gasteiger charge is -2.23. The van der Waals surface area contributed by atoms with Crippen molar-refractivity contribution in [3.05, 3.63) is 29.3 Å². The van der Waals surface area contributed by atoms with Crippen LogP contribution in [0.1, 0.15) is 36.9 Å². The molecule has 0 amide bonds. The lowest BCUT2D eigenvalue weighted by molar-refractivity contribution is 0.405. The maximum atomic E-state index is 6.34. The van der Waals surface area contributed by atoms with Crippen LogP contribution < -0.4 is 16.2 Å². The highest BCUT2D eigenvalue weighted by molar-refractivity contribution is 5.39. The third-order valence-corrected chi connectivity index (χ3v) is 4.00. The fourth-order valence-electron chi connectivity index (χ4n) is 2.42. The summed E-state index contributed by atoms with van der Waals surface area (Å²) in [6.07, 6.45) is 3.26. The highest BCUT2D eigenvalue weighted by atomic mass is 16.5. The molecule has 0 spiro atoms. The van der Waals surface area contributed by atoms with E-state index in [0.29, 0.717) is 6.54 Å². The molecule has 1 atom stereocenters. The third kappa shape index (κ3) is 2.17. The van der Waals surface area contributed by atoms with E-state index in [-0.39, 0.29) is 11.5 Å². The molecule has 0 aromatic heterocycles. The van der Waals surface area contributed by atoms with Crippen LogP contribution in [-0.4, -0.2) is 13.7 Å². The number of aryl methyl sites for hydroxylation is 1. The van der Waals surface area contributed by atoms with Crippen molar-refractivity contribution in [2.24, 2.45) is 16.9 Å². The molecule has 1 unspecified atom stereocenters. The fraction of sp³-hybridized carbons (Fsp3) is 0.571. The molecular weight excluding hydrogens is 212 g/mol. The molecule has 0 radical (unpaired) electrons. The summed E-state index contributed by atoms with van der Waals surface area (Å²) in [5.41, 5.74) is 14.7. The van der Waals surface area contributed by atoms with E-state index in [1.54, 1.807) is 7.11 Å². The van der Waals surface area contributed by atoms with Gasteiger partial charge in [-0.2, -0.15) is 0 Å². The Hall–Kier alpha value is -1.06. The normalized spacial score (nSPS) is 18.8. The van der Waals surface area contributed by atoms with Crippen LogP contribution in [0.4, 0.5) is 0 Å². The van der Waals surface area contributed by atoms with E-state index >= 15 is 0 Å². The Kier molecular flexibility index (Phi) is 3.40. The van der Waals surface area contributed by atoms with Crippen molar-refractivity contribution >= 4 is 0 Å². The maximum Gasteiger partial charge on any atom is 0.122 e. The minimum absolute atomic E-state index is 0.0590. The number of benzene rings is 1. The van der Waals surface area contributed by atoms with Gasteiger partial charge in [0, 0.05) is 11.5 Å². The summed E-state index contributed by atoms with van der Waals surface area (Å²) in [6, 6.07) is 6.31. The Morgan fingerprint density at radius 3 is 2.59 bits per heavy atom. The van der Waals surface area contributed by atoms with Crippen molar-refractivity contribution in [3.8, 4) is 5.75 Å². The van der Waals surface area contributed by atoms with Crippen molar-refractivity contribution in [1.82, 2.24) is 0 Å². The highest BCUT2D eigenvalue weighted by Gasteiger charge is 2.47. The summed E-state index contributed by atoms with van der Waals surface area (Å²) < 4.78 is 5.33. The maximum absolute atomic E-state index is 6.34. The first-order valence-corrected chi connectivity index (χ1v) is 6.29. The lowest BCUT2D eigenvalue weighted by atomic mass is 9.89. The van der Waals surface area contributed by atoms with Crippen LogP contribution in [0.5, 0.6) is 5.75 Å². The zero-order valence-corrected chi connectivity index (χ0v) is 10.7. The van der Waals surface area contributed by atoms with Crippen molar-refractivity contribution in [2.45, 2.75) is 32.2 Å². The molecule has 1 aromatic rings. The second kappa shape index (κ2) is 4.67. The third-order valence-electron chi connectivity index (χ3n) is 4.00. The zero-order valence-electron chi connectivity index (χ0n) is 10.7. The summed E-state index contributed by atoms with van der Waals surface area (Å²) >= 11 is 0. The van der Waals surface area contributed by atoms with Gasteiger partial charge in [-0.3, -0.25) is 0 Å². The first kappa shape index (κ1) is 12.4. The number of hydrogen-bond acceptors (Lipinski definition) is 3.